The van der Waals surface area contributed by atoms with Crippen LogP contribution in [0.4, 0.5) is 11.5 Å². The molecule has 0 saturated heterocycles. The Morgan fingerprint density at radius 2 is 2.26 bits per heavy atom. The Kier molecular flexibility index (Phi) is 4.09. The third-order valence-electron chi connectivity index (χ3n) is 3.08. The van der Waals surface area contributed by atoms with Crippen LogP contribution in [0.1, 0.15) is 19.8 Å². The molecule has 0 spiro atoms. The summed E-state index contributed by atoms with van der Waals surface area (Å²) in [5, 5.41) is 0. The molecule has 0 radical (unpaired) electrons. The van der Waals surface area contributed by atoms with Gasteiger partial charge in [-0.05, 0) is 37.8 Å². The molecule has 0 unspecified atom stereocenters. The largest absolute Gasteiger partial charge is 0.476 e. The van der Waals surface area contributed by atoms with E-state index in [-0.39, 0.29) is 12.5 Å². The van der Waals surface area contributed by atoms with Crippen LogP contribution in [0.5, 0.6) is 5.88 Å². The zero-order valence-electron chi connectivity index (χ0n) is 11.1. The predicted molar refractivity (Wildman–Crippen MR) is 73.9 cm³/mol. The molecule has 104 valence electrons. The van der Waals surface area contributed by atoms with Crippen LogP contribution in [-0.2, 0) is 4.79 Å². The summed E-state index contributed by atoms with van der Waals surface area (Å²) in [5.74, 6) is 1.34. The first-order valence-electron chi connectivity index (χ1n) is 6.52. The van der Waals surface area contributed by atoms with Gasteiger partial charge in [0.05, 0.1) is 18.8 Å². The standard InChI is InChI=1S/C13H20N4O2/c1-2-17(7-11(15)18)12-6-5-10(14)13(16-12)19-8-9-3-4-9/h5-6,9H,2-4,7-8,14H2,1H3,(H2,15,18). The average Bonchev–Trinajstić information content (AvgIpc) is 3.19. The summed E-state index contributed by atoms with van der Waals surface area (Å²) in [6.07, 6.45) is 2.42. The van der Waals surface area contributed by atoms with Gasteiger partial charge in [-0.15, -0.1) is 0 Å². The highest BCUT2D eigenvalue weighted by Gasteiger charge is 2.22. The van der Waals surface area contributed by atoms with Crippen molar-refractivity contribution in [3.63, 3.8) is 0 Å². The van der Waals surface area contributed by atoms with Crippen LogP contribution >= 0.6 is 0 Å². The summed E-state index contributed by atoms with van der Waals surface area (Å²) in [4.78, 5) is 17.2. The SMILES string of the molecule is CCN(CC(N)=O)c1ccc(N)c(OCC2CC2)n1. The number of likely N-dealkylation sites (N-methyl/N-ethyl adjacent to an activating group) is 1. The van der Waals surface area contributed by atoms with Gasteiger partial charge in [0, 0.05) is 6.54 Å². The van der Waals surface area contributed by atoms with Crippen LogP contribution in [0, 0.1) is 5.92 Å². The maximum atomic E-state index is 11.0. The lowest BCUT2D eigenvalue weighted by atomic mass is 10.3. The molecular weight excluding hydrogens is 244 g/mol. The maximum absolute atomic E-state index is 11.0. The molecule has 1 saturated carbocycles. The first kappa shape index (κ1) is 13.5. The van der Waals surface area contributed by atoms with Crippen molar-refractivity contribution in [1.82, 2.24) is 4.98 Å². The molecule has 1 aliphatic rings. The van der Waals surface area contributed by atoms with Gasteiger partial charge >= 0.3 is 0 Å². The molecule has 0 aliphatic heterocycles. The molecule has 0 bridgehead atoms. The van der Waals surface area contributed by atoms with Crippen molar-refractivity contribution in [3.8, 4) is 5.88 Å². The van der Waals surface area contributed by atoms with Gasteiger partial charge in [0.1, 0.15) is 5.82 Å². The summed E-state index contributed by atoms with van der Waals surface area (Å²) in [5.41, 5.74) is 11.6. The predicted octanol–water partition coefficient (Wildman–Crippen LogP) is 0.764. The Hall–Kier alpha value is -1.98. The number of rotatable bonds is 7. The minimum atomic E-state index is -0.388. The summed E-state index contributed by atoms with van der Waals surface area (Å²) in [7, 11) is 0. The fourth-order valence-electron chi connectivity index (χ4n) is 1.76. The number of carbonyl (C=O) groups excluding carboxylic acids is 1. The van der Waals surface area contributed by atoms with Gasteiger partial charge in [-0.25, -0.2) is 0 Å². The number of aromatic nitrogens is 1. The summed E-state index contributed by atoms with van der Waals surface area (Å²) < 4.78 is 5.62. The number of anilines is 2. The lowest BCUT2D eigenvalue weighted by Gasteiger charge is -2.21. The number of nitrogens with zero attached hydrogens (tertiary/aromatic N) is 2. The maximum Gasteiger partial charge on any atom is 0.239 e. The highest BCUT2D eigenvalue weighted by molar-refractivity contribution is 5.79. The van der Waals surface area contributed by atoms with Crippen LogP contribution in [0.15, 0.2) is 12.1 Å². The molecule has 0 atom stereocenters. The number of nitrogen functional groups attached to an aromatic ring is 1. The average molecular weight is 264 g/mol. The number of carbonyl (C=O) groups is 1. The molecule has 1 aliphatic carbocycles. The topological polar surface area (TPSA) is 94.5 Å². The Balaban J connectivity index is 2.10. The van der Waals surface area contributed by atoms with E-state index in [0.29, 0.717) is 36.5 Å². The number of primary amides is 1. The molecule has 6 nitrogen and oxygen atoms in total. The first-order chi connectivity index (χ1) is 9.10. The van der Waals surface area contributed by atoms with Crippen LogP contribution in [0.25, 0.3) is 0 Å². The normalized spacial score (nSPS) is 14.2. The minimum absolute atomic E-state index is 0.134. The smallest absolute Gasteiger partial charge is 0.239 e. The van der Waals surface area contributed by atoms with E-state index in [0.717, 1.165) is 0 Å². The van der Waals surface area contributed by atoms with Gasteiger partial charge in [0.2, 0.25) is 11.8 Å². The number of pyridine rings is 1. The van der Waals surface area contributed by atoms with E-state index in [1.54, 1.807) is 17.0 Å². The Morgan fingerprint density at radius 3 is 2.84 bits per heavy atom. The molecule has 1 aromatic rings. The fourth-order valence-corrected chi connectivity index (χ4v) is 1.76. The molecule has 1 heterocycles. The molecule has 0 aromatic carbocycles. The number of hydrogen-bond acceptors (Lipinski definition) is 5. The molecule has 1 aromatic heterocycles. The van der Waals surface area contributed by atoms with E-state index in [1.165, 1.54) is 12.8 Å². The van der Waals surface area contributed by atoms with Crippen molar-refractivity contribution in [2.45, 2.75) is 19.8 Å². The number of ether oxygens (including phenoxy) is 1. The van der Waals surface area contributed by atoms with Crippen LogP contribution < -0.4 is 21.1 Å². The highest BCUT2D eigenvalue weighted by Crippen LogP contribution is 2.31. The number of nitrogens with two attached hydrogens (primary N) is 2. The van der Waals surface area contributed by atoms with Crippen LogP contribution in [0.2, 0.25) is 0 Å². The van der Waals surface area contributed by atoms with E-state index < -0.39 is 0 Å². The Labute approximate surface area is 112 Å². The molecule has 2 rings (SSSR count). The Morgan fingerprint density at radius 1 is 1.53 bits per heavy atom. The molecule has 1 amide bonds. The molecule has 4 N–H and O–H groups in total. The van der Waals surface area contributed by atoms with Gasteiger partial charge in [-0.3, -0.25) is 4.79 Å². The molecule has 6 heteroatoms. The van der Waals surface area contributed by atoms with Crippen molar-refractivity contribution >= 4 is 17.4 Å². The van der Waals surface area contributed by atoms with Gasteiger partial charge < -0.3 is 21.1 Å². The summed E-state index contributed by atoms with van der Waals surface area (Å²) in [6.45, 7) is 3.37. The quantitative estimate of drug-likeness (QED) is 0.758. The number of hydrogen-bond donors (Lipinski definition) is 2. The van der Waals surface area contributed by atoms with Crippen LogP contribution in [-0.4, -0.2) is 30.6 Å². The Bertz CT molecular complexity index is 460. The monoisotopic (exact) mass is 264 g/mol. The third kappa shape index (κ3) is 3.74. The fraction of sp³-hybridized carbons (Fsp3) is 0.538. The van der Waals surface area contributed by atoms with Gasteiger partial charge in [-0.1, -0.05) is 0 Å². The zero-order chi connectivity index (χ0) is 13.8. The zero-order valence-corrected chi connectivity index (χ0v) is 11.1. The van der Waals surface area contributed by atoms with Crippen molar-refractivity contribution in [2.24, 2.45) is 11.7 Å². The van der Waals surface area contributed by atoms with Gasteiger partial charge in [0.15, 0.2) is 0 Å². The second kappa shape index (κ2) is 5.77. The van der Waals surface area contributed by atoms with E-state index in [4.69, 9.17) is 16.2 Å². The highest BCUT2D eigenvalue weighted by atomic mass is 16.5. The van der Waals surface area contributed by atoms with Crippen molar-refractivity contribution < 1.29 is 9.53 Å². The second-order valence-corrected chi connectivity index (χ2v) is 4.80. The van der Waals surface area contributed by atoms with Gasteiger partial charge in [-0.2, -0.15) is 4.98 Å². The first-order valence-corrected chi connectivity index (χ1v) is 6.52. The van der Waals surface area contributed by atoms with E-state index in [1.807, 2.05) is 6.92 Å². The minimum Gasteiger partial charge on any atom is -0.476 e. The summed E-state index contributed by atoms with van der Waals surface area (Å²) in [6, 6.07) is 3.51. The van der Waals surface area contributed by atoms with Gasteiger partial charge in [0.25, 0.3) is 0 Å². The van der Waals surface area contributed by atoms with E-state index >= 15 is 0 Å². The lowest BCUT2D eigenvalue weighted by Crippen LogP contribution is -2.34. The lowest BCUT2D eigenvalue weighted by molar-refractivity contribution is -0.116. The summed E-state index contributed by atoms with van der Waals surface area (Å²) >= 11 is 0. The van der Waals surface area contributed by atoms with Crippen molar-refractivity contribution in [2.75, 3.05) is 30.3 Å². The molecule has 1 fully saturated rings. The third-order valence-corrected chi connectivity index (χ3v) is 3.08. The molecule has 19 heavy (non-hydrogen) atoms. The van der Waals surface area contributed by atoms with Crippen molar-refractivity contribution in [1.29, 1.82) is 0 Å². The van der Waals surface area contributed by atoms with E-state index in [2.05, 4.69) is 4.98 Å². The van der Waals surface area contributed by atoms with Crippen molar-refractivity contribution in [3.05, 3.63) is 12.1 Å². The number of amides is 1. The second-order valence-electron chi connectivity index (χ2n) is 4.80. The molecular formula is C13H20N4O2. The van der Waals surface area contributed by atoms with Crippen LogP contribution in [0.3, 0.4) is 0 Å². The van der Waals surface area contributed by atoms with E-state index in [9.17, 15) is 4.79 Å².